The van der Waals surface area contributed by atoms with Gasteiger partial charge in [0.05, 0.1) is 12.8 Å². The number of amides is 2. The second-order valence-electron chi connectivity index (χ2n) is 4.73. The first-order valence-corrected chi connectivity index (χ1v) is 7.71. The zero-order valence-electron chi connectivity index (χ0n) is 12.2. The number of nitrogens with zero attached hydrogens (tertiary/aromatic N) is 2. The van der Waals surface area contributed by atoms with E-state index in [1.165, 1.54) is 12.3 Å². The average molecular weight is 390 g/mol. The molecule has 0 saturated heterocycles. The Morgan fingerprint density at radius 2 is 2.12 bits per heavy atom. The number of aromatic nitrogens is 3. The van der Waals surface area contributed by atoms with E-state index in [1.807, 2.05) is 24.3 Å². The van der Waals surface area contributed by atoms with Crippen LogP contribution < -0.4 is 10.6 Å². The number of aromatic amines is 1. The molecule has 0 bridgehead atoms. The van der Waals surface area contributed by atoms with Gasteiger partial charge in [-0.05, 0) is 24.3 Å². The van der Waals surface area contributed by atoms with Crippen molar-refractivity contribution in [2.75, 3.05) is 11.9 Å². The summed E-state index contributed by atoms with van der Waals surface area (Å²) < 4.78 is 5.84. The maximum Gasteiger partial charge on any atom is 0.287 e. The van der Waals surface area contributed by atoms with Crippen molar-refractivity contribution >= 4 is 33.7 Å². The SMILES string of the molecule is O=C(CNC(=O)c1ccco1)Nc1n[nH]c(-c2cccc(Br)c2)n1. The summed E-state index contributed by atoms with van der Waals surface area (Å²) in [5.41, 5.74) is 0.823. The highest BCUT2D eigenvalue weighted by molar-refractivity contribution is 9.10. The fourth-order valence-electron chi connectivity index (χ4n) is 1.91. The molecule has 0 aliphatic rings. The highest BCUT2D eigenvalue weighted by Crippen LogP contribution is 2.20. The van der Waals surface area contributed by atoms with E-state index in [-0.39, 0.29) is 18.3 Å². The van der Waals surface area contributed by atoms with E-state index in [0.717, 1.165) is 10.0 Å². The monoisotopic (exact) mass is 389 g/mol. The molecule has 9 heteroatoms. The van der Waals surface area contributed by atoms with Gasteiger partial charge in [0.15, 0.2) is 11.6 Å². The number of anilines is 1. The summed E-state index contributed by atoms with van der Waals surface area (Å²) in [5, 5.41) is 11.6. The Morgan fingerprint density at radius 3 is 2.88 bits per heavy atom. The third-order valence-corrected chi connectivity index (χ3v) is 3.48. The van der Waals surface area contributed by atoms with Gasteiger partial charge in [0.25, 0.3) is 5.91 Å². The molecule has 0 unspecified atom stereocenters. The predicted octanol–water partition coefficient (Wildman–Crippen LogP) is 2.20. The van der Waals surface area contributed by atoms with Gasteiger partial charge in [-0.25, -0.2) is 0 Å². The summed E-state index contributed by atoms with van der Waals surface area (Å²) in [5.74, 6) is -0.138. The molecule has 2 amide bonds. The second-order valence-corrected chi connectivity index (χ2v) is 5.64. The molecule has 0 fully saturated rings. The van der Waals surface area contributed by atoms with Gasteiger partial charge in [-0.15, -0.1) is 5.10 Å². The highest BCUT2D eigenvalue weighted by Gasteiger charge is 2.12. The Kier molecular flexibility index (Phi) is 4.71. The summed E-state index contributed by atoms with van der Waals surface area (Å²) in [6.45, 7) is -0.222. The summed E-state index contributed by atoms with van der Waals surface area (Å²) in [6, 6.07) is 10.6. The molecule has 24 heavy (non-hydrogen) atoms. The molecular formula is C15H12BrN5O3. The third kappa shape index (κ3) is 3.87. The highest BCUT2D eigenvalue weighted by atomic mass is 79.9. The van der Waals surface area contributed by atoms with Crippen LogP contribution >= 0.6 is 15.9 Å². The van der Waals surface area contributed by atoms with Crippen molar-refractivity contribution in [2.24, 2.45) is 0 Å². The van der Waals surface area contributed by atoms with Crippen LogP contribution in [0.5, 0.6) is 0 Å². The van der Waals surface area contributed by atoms with Crippen LogP contribution in [-0.2, 0) is 4.79 Å². The summed E-state index contributed by atoms with van der Waals surface area (Å²) in [6.07, 6.45) is 1.38. The molecule has 2 aromatic heterocycles. The van der Waals surface area contributed by atoms with E-state index < -0.39 is 11.8 Å². The maximum absolute atomic E-state index is 11.8. The van der Waals surface area contributed by atoms with Crippen molar-refractivity contribution in [3.63, 3.8) is 0 Å². The van der Waals surface area contributed by atoms with Crippen molar-refractivity contribution < 1.29 is 14.0 Å². The Bertz CT molecular complexity index is 860. The fraction of sp³-hybridized carbons (Fsp3) is 0.0667. The molecule has 3 rings (SSSR count). The van der Waals surface area contributed by atoms with Crippen LogP contribution in [-0.4, -0.2) is 33.5 Å². The zero-order chi connectivity index (χ0) is 16.9. The van der Waals surface area contributed by atoms with Crippen molar-refractivity contribution in [1.29, 1.82) is 0 Å². The number of benzene rings is 1. The van der Waals surface area contributed by atoms with E-state index in [2.05, 4.69) is 41.7 Å². The summed E-state index contributed by atoms with van der Waals surface area (Å²) in [4.78, 5) is 27.7. The van der Waals surface area contributed by atoms with Crippen molar-refractivity contribution in [2.45, 2.75) is 0 Å². The molecule has 3 aromatic rings. The normalized spacial score (nSPS) is 10.4. The minimum absolute atomic E-state index is 0.127. The van der Waals surface area contributed by atoms with Gasteiger partial charge in [-0.3, -0.25) is 20.0 Å². The van der Waals surface area contributed by atoms with Crippen LogP contribution in [0.1, 0.15) is 10.6 Å². The summed E-state index contributed by atoms with van der Waals surface area (Å²) >= 11 is 3.38. The third-order valence-electron chi connectivity index (χ3n) is 2.99. The zero-order valence-corrected chi connectivity index (χ0v) is 13.8. The molecule has 0 aliphatic heterocycles. The van der Waals surface area contributed by atoms with Crippen LogP contribution in [0.15, 0.2) is 51.6 Å². The molecule has 1 aromatic carbocycles. The van der Waals surface area contributed by atoms with Gasteiger partial charge in [0, 0.05) is 10.0 Å². The first-order chi connectivity index (χ1) is 11.6. The molecule has 0 saturated carbocycles. The van der Waals surface area contributed by atoms with Crippen LogP contribution in [0.25, 0.3) is 11.4 Å². The van der Waals surface area contributed by atoms with Gasteiger partial charge in [-0.1, -0.05) is 28.1 Å². The lowest BCUT2D eigenvalue weighted by Gasteiger charge is -2.02. The van der Waals surface area contributed by atoms with Gasteiger partial charge >= 0.3 is 0 Å². The number of nitrogens with one attached hydrogen (secondary N) is 3. The number of carbonyl (C=O) groups excluding carboxylic acids is 2. The fourth-order valence-corrected chi connectivity index (χ4v) is 2.31. The number of rotatable bonds is 5. The molecule has 3 N–H and O–H groups in total. The number of hydrogen-bond donors (Lipinski definition) is 3. The molecule has 0 spiro atoms. The Hall–Kier alpha value is -2.94. The lowest BCUT2D eigenvalue weighted by Crippen LogP contribution is -2.32. The number of hydrogen-bond acceptors (Lipinski definition) is 5. The van der Waals surface area contributed by atoms with Crippen LogP contribution in [0.3, 0.4) is 0 Å². The molecule has 2 heterocycles. The molecular weight excluding hydrogens is 378 g/mol. The lowest BCUT2D eigenvalue weighted by molar-refractivity contribution is -0.115. The summed E-state index contributed by atoms with van der Waals surface area (Å²) in [7, 11) is 0. The standard InChI is InChI=1S/C15H12BrN5O3/c16-10-4-1-3-9(7-10)13-19-15(21-20-13)18-12(22)8-17-14(23)11-5-2-6-24-11/h1-7H,8H2,(H,17,23)(H2,18,19,20,21,22). The van der Waals surface area contributed by atoms with E-state index in [1.54, 1.807) is 6.07 Å². The number of H-pyrrole nitrogens is 1. The van der Waals surface area contributed by atoms with Crippen molar-refractivity contribution in [3.8, 4) is 11.4 Å². The van der Waals surface area contributed by atoms with E-state index >= 15 is 0 Å². The number of furan rings is 1. The topological polar surface area (TPSA) is 113 Å². The van der Waals surface area contributed by atoms with Crippen LogP contribution in [0, 0.1) is 0 Å². The number of carbonyl (C=O) groups is 2. The second kappa shape index (κ2) is 7.09. The number of halogens is 1. The average Bonchev–Trinajstić information content (AvgIpc) is 3.24. The molecule has 0 atom stereocenters. The Morgan fingerprint density at radius 1 is 1.25 bits per heavy atom. The molecule has 0 radical (unpaired) electrons. The first-order valence-electron chi connectivity index (χ1n) is 6.92. The van der Waals surface area contributed by atoms with Gasteiger partial charge < -0.3 is 9.73 Å². The van der Waals surface area contributed by atoms with Crippen LogP contribution in [0.4, 0.5) is 5.95 Å². The first kappa shape index (κ1) is 15.9. The Balaban J connectivity index is 1.56. The van der Waals surface area contributed by atoms with Crippen LogP contribution in [0.2, 0.25) is 0 Å². The molecule has 8 nitrogen and oxygen atoms in total. The van der Waals surface area contributed by atoms with Crippen molar-refractivity contribution in [3.05, 3.63) is 52.9 Å². The largest absolute Gasteiger partial charge is 0.459 e. The minimum atomic E-state index is -0.472. The van der Waals surface area contributed by atoms with Gasteiger partial charge in [-0.2, -0.15) is 4.98 Å². The lowest BCUT2D eigenvalue weighted by atomic mass is 10.2. The van der Waals surface area contributed by atoms with E-state index in [0.29, 0.717) is 5.82 Å². The quantitative estimate of drug-likeness (QED) is 0.618. The molecule has 0 aliphatic carbocycles. The van der Waals surface area contributed by atoms with Gasteiger partial charge in [0.2, 0.25) is 11.9 Å². The maximum atomic E-state index is 11.8. The van der Waals surface area contributed by atoms with Crippen molar-refractivity contribution in [1.82, 2.24) is 20.5 Å². The Labute approximate surface area is 144 Å². The van der Waals surface area contributed by atoms with E-state index in [4.69, 9.17) is 4.42 Å². The predicted molar refractivity (Wildman–Crippen MR) is 89.2 cm³/mol. The van der Waals surface area contributed by atoms with Gasteiger partial charge in [0.1, 0.15) is 0 Å². The minimum Gasteiger partial charge on any atom is -0.459 e. The molecule has 122 valence electrons. The van der Waals surface area contributed by atoms with E-state index in [9.17, 15) is 9.59 Å². The smallest absolute Gasteiger partial charge is 0.287 e.